The predicted octanol–water partition coefficient (Wildman–Crippen LogP) is 5.76. The quantitative estimate of drug-likeness (QED) is 0.158. The molecule has 37 heavy (non-hydrogen) atoms. The Labute approximate surface area is 222 Å². The number of nitrogens with zero attached hydrogens (tertiary/aromatic N) is 4. The lowest BCUT2D eigenvalue weighted by atomic mass is 10.2. The zero-order chi connectivity index (χ0) is 26.4. The van der Waals surface area contributed by atoms with Crippen molar-refractivity contribution >= 4 is 40.8 Å². The molecule has 0 aliphatic carbocycles. The molecule has 10 nitrogen and oxygen atoms in total. The summed E-state index contributed by atoms with van der Waals surface area (Å²) in [7, 11) is 1.61. The molecule has 0 bridgehead atoms. The van der Waals surface area contributed by atoms with Crippen LogP contribution in [0.4, 0.5) is 16.2 Å². The normalized spacial score (nSPS) is 10.7. The Morgan fingerprint density at radius 3 is 2.62 bits per heavy atom. The molecular formula is C25H23ClN6O4S. The van der Waals surface area contributed by atoms with E-state index in [1.54, 1.807) is 35.9 Å². The van der Waals surface area contributed by atoms with Crippen LogP contribution in [0.2, 0.25) is 5.02 Å². The van der Waals surface area contributed by atoms with Crippen molar-refractivity contribution < 1.29 is 14.5 Å². The number of nitro benzene ring substituents is 1. The van der Waals surface area contributed by atoms with Gasteiger partial charge in [-0.1, -0.05) is 41.6 Å². The van der Waals surface area contributed by atoms with E-state index in [1.807, 2.05) is 37.3 Å². The Morgan fingerprint density at radius 1 is 1.14 bits per heavy atom. The highest BCUT2D eigenvalue weighted by atomic mass is 35.5. The van der Waals surface area contributed by atoms with Crippen LogP contribution in [0.1, 0.15) is 17.0 Å². The number of urea groups is 1. The maximum Gasteiger partial charge on any atom is 0.319 e. The second-order valence-corrected chi connectivity index (χ2v) is 9.27. The molecular weight excluding hydrogens is 516 g/mol. The number of ether oxygens (including phenoxy) is 1. The van der Waals surface area contributed by atoms with E-state index in [2.05, 4.69) is 20.8 Å². The number of carbonyl (C=O) groups excluding carboxylic acids is 1. The number of aryl methyl sites for hydroxylation is 1. The van der Waals surface area contributed by atoms with E-state index in [-0.39, 0.29) is 12.2 Å². The minimum Gasteiger partial charge on any atom is -0.497 e. The van der Waals surface area contributed by atoms with Gasteiger partial charge in [-0.05, 0) is 54.4 Å². The number of hydrogen-bond donors (Lipinski definition) is 2. The molecule has 3 aromatic carbocycles. The Balaban J connectivity index is 1.54. The van der Waals surface area contributed by atoms with Crippen molar-refractivity contribution in [3.63, 3.8) is 0 Å². The lowest BCUT2D eigenvalue weighted by molar-refractivity contribution is -0.384. The highest BCUT2D eigenvalue weighted by molar-refractivity contribution is 7.98. The van der Waals surface area contributed by atoms with Crippen molar-refractivity contribution in [2.24, 2.45) is 0 Å². The van der Waals surface area contributed by atoms with Gasteiger partial charge in [0.2, 0.25) is 0 Å². The summed E-state index contributed by atoms with van der Waals surface area (Å²) in [4.78, 5) is 23.2. The van der Waals surface area contributed by atoms with Crippen molar-refractivity contribution in [1.82, 2.24) is 20.1 Å². The van der Waals surface area contributed by atoms with E-state index in [0.717, 1.165) is 16.9 Å². The fraction of sp³-hybridized carbons (Fsp3) is 0.160. The van der Waals surface area contributed by atoms with Crippen LogP contribution in [-0.2, 0) is 12.3 Å². The number of amides is 2. The molecule has 4 aromatic rings. The molecule has 2 amide bonds. The fourth-order valence-corrected chi connectivity index (χ4v) is 4.50. The van der Waals surface area contributed by atoms with Crippen LogP contribution in [0.25, 0.3) is 5.69 Å². The van der Waals surface area contributed by atoms with Crippen molar-refractivity contribution in [2.75, 3.05) is 12.4 Å². The number of aromatic nitrogens is 3. The van der Waals surface area contributed by atoms with Gasteiger partial charge >= 0.3 is 6.03 Å². The van der Waals surface area contributed by atoms with E-state index < -0.39 is 11.0 Å². The van der Waals surface area contributed by atoms with E-state index in [0.29, 0.717) is 33.1 Å². The Morgan fingerprint density at radius 2 is 1.92 bits per heavy atom. The molecule has 0 aliphatic heterocycles. The molecule has 1 heterocycles. The Kier molecular flexibility index (Phi) is 8.26. The molecule has 2 N–H and O–H groups in total. The van der Waals surface area contributed by atoms with Gasteiger partial charge in [0, 0.05) is 34.3 Å². The first-order valence-electron chi connectivity index (χ1n) is 11.1. The van der Waals surface area contributed by atoms with Gasteiger partial charge in [-0.2, -0.15) is 0 Å². The van der Waals surface area contributed by atoms with Crippen LogP contribution in [0.15, 0.2) is 71.9 Å². The van der Waals surface area contributed by atoms with Crippen LogP contribution >= 0.6 is 23.4 Å². The molecule has 0 saturated carbocycles. The van der Waals surface area contributed by atoms with Crippen LogP contribution in [0.3, 0.4) is 0 Å². The highest BCUT2D eigenvalue weighted by Gasteiger charge is 2.17. The number of methoxy groups -OCH3 is 1. The first-order chi connectivity index (χ1) is 17.8. The Bertz CT molecular complexity index is 1430. The Hall–Kier alpha value is -4.09. The third-order valence-corrected chi connectivity index (χ3v) is 6.77. The predicted molar refractivity (Wildman–Crippen MR) is 143 cm³/mol. The summed E-state index contributed by atoms with van der Waals surface area (Å²) in [5.74, 6) is 1.80. The topological polar surface area (TPSA) is 124 Å². The van der Waals surface area contributed by atoms with Crippen molar-refractivity contribution in [3.05, 3.63) is 98.8 Å². The molecule has 0 aliphatic rings. The molecule has 4 rings (SSSR count). The maximum absolute atomic E-state index is 12.5. The first-order valence-corrected chi connectivity index (χ1v) is 12.5. The first kappa shape index (κ1) is 26.0. The molecule has 0 saturated heterocycles. The lowest BCUT2D eigenvalue weighted by Gasteiger charge is -2.12. The molecule has 1 aromatic heterocycles. The second-order valence-electron chi connectivity index (χ2n) is 7.92. The maximum atomic E-state index is 12.5. The third-order valence-electron chi connectivity index (χ3n) is 5.36. The monoisotopic (exact) mass is 538 g/mol. The number of nitro groups is 1. The number of non-ortho nitro benzene ring substituents is 1. The number of benzene rings is 3. The summed E-state index contributed by atoms with van der Waals surface area (Å²) >= 11 is 7.58. The summed E-state index contributed by atoms with van der Waals surface area (Å²) in [5.41, 5.74) is 3.09. The van der Waals surface area contributed by atoms with Crippen molar-refractivity contribution in [1.29, 1.82) is 0 Å². The van der Waals surface area contributed by atoms with Gasteiger partial charge < -0.3 is 15.4 Å². The van der Waals surface area contributed by atoms with Gasteiger partial charge in [0.25, 0.3) is 5.69 Å². The number of anilines is 1. The highest BCUT2D eigenvalue weighted by Crippen LogP contribution is 2.27. The average Bonchev–Trinajstić information content (AvgIpc) is 3.31. The molecule has 0 spiro atoms. The zero-order valence-corrected chi connectivity index (χ0v) is 21.5. The number of nitrogens with one attached hydrogen (secondary N) is 2. The summed E-state index contributed by atoms with van der Waals surface area (Å²) in [6, 6.07) is 18.6. The third kappa shape index (κ3) is 6.57. The zero-order valence-electron chi connectivity index (χ0n) is 20.0. The van der Waals surface area contributed by atoms with E-state index in [9.17, 15) is 14.9 Å². The van der Waals surface area contributed by atoms with E-state index in [1.165, 1.54) is 23.9 Å². The minimum atomic E-state index is -0.460. The van der Waals surface area contributed by atoms with Crippen LogP contribution in [0, 0.1) is 17.0 Å². The van der Waals surface area contributed by atoms with Crippen molar-refractivity contribution in [3.8, 4) is 11.4 Å². The number of rotatable bonds is 9. The second kappa shape index (κ2) is 11.8. The lowest BCUT2D eigenvalue weighted by Crippen LogP contribution is -2.29. The van der Waals surface area contributed by atoms with E-state index in [4.69, 9.17) is 16.3 Å². The van der Waals surface area contributed by atoms with Gasteiger partial charge in [0.1, 0.15) is 5.75 Å². The standard InChI is InChI=1S/C25H23ClN6O4S/c1-16-6-7-18(13-22(16)26)28-24(33)27-14-23-29-30-25(37-15-17-4-3-5-21(12-17)36-2)31(23)19-8-10-20(11-9-19)32(34)35/h3-13H,14-15H2,1-2H3,(H2,27,28,33). The van der Waals surface area contributed by atoms with Crippen LogP contribution in [0.5, 0.6) is 5.75 Å². The smallest absolute Gasteiger partial charge is 0.319 e. The summed E-state index contributed by atoms with van der Waals surface area (Å²) in [6.07, 6.45) is 0. The van der Waals surface area contributed by atoms with Crippen LogP contribution in [-0.4, -0.2) is 32.8 Å². The van der Waals surface area contributed by atoms with Crippen LogP contribution < -0.4 is 15.4 Å². The molecule has 0 radical (unpaired) electrons. The molecule has 0 fully saturated rings. The van der Waals surface area contributed by atoms with Gasteiger partial charge in [0.15, 0.2) is 11.0 Å². The van der Waals surface area contributed by atoms with Crippen molar-refractivity contribution in [2.45, 2.75) is 24.4 Å². The van der Waals surface area contributed by atoms with Gasteiger partial charge in [-0.25, -0.2) is 4.79 Å². The minimum absolute atomic E-state index is 0.0294. The average molecular weight is 539 g/mol. The SMILES string of the molecule is COc1cccc(CSc2nnc(CNC(=O)Nc3ccc(C)c(Cl)c3)n2-c2ccc([N+](=O)[O-])cc2)c1. The number of halogens is 1. The van der Waals surface area contributed by atoms with Gasteiger partial charge in [-0.3, -0.25) is 14.7 Å². The number of thioether (sulfide) groups is 1. The summed E-state index contributed by atoms with van der Waals surface area (Å²) in [6.45, 7) is 1.94. The van der Waals surface area contributed by atoms with Gasteiger partial charge in [-0.15, -0.1) is 10.2 Å². The molecule has 0 atom stereocenters. The van der Waals surface area contributed by atoms with Gasteiger partial charge in [0.05, 0.1) is 18.6 Å². The number of hydrogen-bond acceptors (Lipinski definition) is 7. The summed E-state index contributed by atoms with van der Waals surface area (Å²) < 4.78 is 7.05. The molecule has 12 heteroatoms. The fourth-order valence-electron chi connectivity index (χ4n) is 3.41. The van der Waals surface area contributed by atoms with E-state index >= 15 is 0 Å². The largest absolute Gasteiger partial charge is 0.497 e. The number of carbonyl (C=O) groups is 1. The molecule has 0 unspecified atom stereocenters. The summed E-state index contributed by atoms with van der Waals surface area (Å²) in [5, 5.41) is 26.3. The molecule has 190 valence electrons.